The Balaban J connectivity index is 1.93. The van der Waals surface area contributed by atoms with Gasteiger partial charge in [-0.15, -0.1) is 0 Å². The van der Waals surface area contributed by atoms with Gasteiger partial charge in [0.2, 0.25) is 5.91 Å². The third kappa shape index (κ3) is 5.63. The van der Waals surface area contributed by atoms with E-state index in [2.05, 4.69) is 10.5 Å². The smallest absolute Gasteiger partial charge is 0.244 e. The zero-order chi connectivity index (χ0) is 18.2. The average Bonchev–Trinajstić information content (AvgIpc) is 2.60. The number of rotatable bonds is 7. The van der Waals surface area contributed by atoms with E-state index in [1.807, 2.05) is 53.8 Å². The molecular weight excluding hydrogens is 435 g/mol. The number of phenols is 1. The minimum absolute atomic E-state index is 0.0831. The predicted molar refractivity (Wildman–Crippen MR) is 104 cm³/mol. The molecule has 0 saturated carbocycles. The van der Waals surface area contributed by atoms with Crippen molar-refractivity contribution in [3.63, 3.8) is 0 Å². The van der Waals surface area contributed by atoms with Crippen LogP contribution in [-0.2, 0) is 11.2 Å². The second-order valence-corrected chi connectivity index (χ2v) is 6.26. The number of aromatic hydroxyl groups is 1. The maximum absolute atomic E-state index is 11.9. The van der Waals surface area contributed by atoms with E-state index in [1.165, 1.54) is 13.3 Å². The lowest BCUT2D eigenvalue weighted by atomic mass is 10.1. The highest BCUT2D eigenvalue weighted by molar-refractivity contribution is 14.1. The summed E-state index contributed by atoms with van der Waals surface area (Å²) in [4.78, 5) is 11.9. The molecule has 0 heterocycles. The molecule has 0 fully saturated rings. The van der Waals surface area contributed by atoms with Gasteiger partial charge in [-0.05, 0) is 64.9 Å². The fourth-order valence-corrected chi connectivity index (χ4v) is 2.72. The molecule has 0 radical (unpaired) electrons. The fraction of sp³-hybridized carbons (Fsp3) is 0.222. The first-order chi connectivity index (χ1) is 12.0. The molecule has 0 bridgehead atoms. The Morgan fingerprint density at radius 1 is 1.32 bits per heavy atom. The van der Waals surface area contributed by atoms with Crippen LogP contribution in [0.25, 0.3) is 0 Å². The number of hydrazone groups is 1. The van der Waals surface area contributed by atoms with Gasteiger partial charge < -0.3 is 14.6 Å². The van der Waals surface area contributed by atoms with Crippen LogP contribution in [0.4, 0.5) is 0 Å². The summed E-state index contributed by atoms with van der Waals surface area (Å²) in [6, 6.07) is 10.7. The molecule has 1 amide bonds. The fourth-order valence-electron chi connectivity index (χ4n) is 2.10. The van der Waals surface area contributed by atoms with Crippen LogP contribution < -0.4 is 14.9 Å². The molecule has 132 valence electrons. The van der Waals surface area contributed by atoms with Crippen LogP contribution in [0.5, 0.6) is 17.2 Å². The molecule has 2 aromatic carbocycles. The number of carbonyl (C=O) groups is 1. The summed E-state index contributed by atoms with van der Waals surface area (Å²) in [5.41, 5.74) is 4.07. The van der Waals surface area contributed by atoms with E-state index in [9.17, 15) is 9.90 Å². The predicted octanol–water partition coefficient (Wildman–Crippen LogP) is 3.10. The minimum atomic E-state index is -0.221. The van der Waals surface area contributed by atoms with E-state index in [1.54, 1.807) is 12.1 Å². The third-order valence-electron chi connectivity index (χ3n) is 3.27. The van der Waals surface area contributed by atoms with Crippen LogP contribution in [0.15, 0.2) is 41.5 Å². The van der Waals surface area contributed by atoms with Gasteiger partial charge in [0.1, 0.15) is 5.75 Å². The van der Waals surface area contributed by atoms with E-state index in [0.717, 1.165) is 11.3 Å². The molecule has 0 atom stereocenters. The minimum Gasteiger partial charge on any atom is -0.504 e. The first-order valence-corrected chi connectivity index (χ1v) is 8.71. The lowest BCUT2D eigenvalue weighted by Crippen LogP contribution is -2.19. The normalized spacial score (nSPS) is 10.7. The standard InChI is InChI=1S/C18H19IN2O4/c1-3-25-14-6-4-12(5-7-14)10-17(22)21-20-11-13-8-15(19)18(23)16(9-13)24-2/h4-9,11,23H,3,10H2,1-2H3,(H,21,22)/b20-11+. The number of ether oxygens (including phenoxy) is 2. The summed E-state index contributed by atoms with van der Waals surface area (Å²) in [5.74, 6) is 0.996. The molecule has 0 aliphatic carbocycles. The Kier molecular flexibility index (Phi) is 7.05. The van der Waals surface area contributed by atoms with Crippen molar-refractivity contribution in [2.24, 2.45) is 5.10 Å². The summed E-state index contributed by atoms with van der Waals surface area (Å²) in [7, 11) is 1.48. The SMILES string of the molecule is CCOc1ccc(CC(=O)N/N=C/c2cc(I)c(O)c(OC)c2)cc1. The van der Waals surface area contributed by atoms with Crippen LogP contribution in [0.2, 0.25) is 0 Å². The first-order valence-electron chi connectivity index (χ1n) is 7.63. The lowest BCUT2D eigenvalue weighted by Gasteiger charge is -2.06. The molecule has 0 aromatic heterocycles. The Bertz CT molecular complexity index is 760. The van der Waals surface area contributed by atoms with Crippen LogP contribution in [0.3, 0.4) is 0 Å². The zero-order valence-electron chi connectivity index (χ0n) is 14.0. The van der Waals surface area contributed by atoms with Crippen LogP contribution >= 0.6 is 22.6 Å². The summed E-state index contributed by atoms with van der Waals surface area (Å²) in [5, 5.41) is 13.7. The van der Waals surface area contributed by atoms with Crippen LogP contribution in [-0.4, -0.2) is 30.9 Å². The van der Waals surface area contributed by atoms with Crippen molar-refractivity contribution in [2.75, 3.05) is 13.7 Å². The van der Waals surface area contributed by atoms with E-state index >= 15 is 0 Å². The van der Waals surface area contributed by atoms with Crippen molar-refractivity contribution < 1.29 is 19.4 Å². The van der Waals surface area contributed by atoms with Crippen molar-refractivity contribution in [2.45, 2.75) is 13.3 Å². The summed E-state index contributed by atoms with van der Waals surface area (Å²) in [6.07, 6.45) is 1.72. The Labute approximate surface area is 160 Å². The summed E-state index contributed by atoms with van der Waals surface area (Å²) < 4.78 is 11.1. The quantitative estimate of drug-likeness (QED) is 0.383. The van der Waals surface area contributed by atoms with Gasteiger partial charge in [-0.2, -0.15) is 5.10 Å². The molecule has 0 aliphatic rings. The maximum atomic E-state index is 11.9. The highest BCUT2D eigenvalue weighted by Crippen LogP contribution is 2.31. The van der Waals surface area contributed by atoms with Gasteiger partial charge in [-0.1, -0.05) is 12.1 Å². The number of benzene rings is 2. The number of amides is 1. The highest BCUT2D eigenvalue weighted by atomic mass is 127. The highest BCUT2D eigenvalue weighted by Gasteiger charge is 2.07. The zero-order valence-corrected chi connectivity index (χ0v) is 16.1. The largest absolute Gasteiger partial charge is 0.504 e. The van der Waals surface area contributed by atoms with Gasteiger partial charge in [0.15, 0.2) is 11.5 Å². The van der Waals surface area contributed by atoms with Gasteiger partial charge in [-0.3, -0.25) is 4.79 Å². The van der Waals surface area contributed by atoms with Gasteiger partial charge in [0, 0.05) is 0 Å². The van der Waals surface area contributed by atoms with E-state index in [4.69, 9.17) is 9.47 Å². The molecule has 25 heavy (non-hydrogen) atoms. The molecule has 2 rings (SSSR count). The second-order valence-electron chi connectivity index (χ2n) is 5.10. The second kappa shape index (κ2) is 9.26. The van der Waals surface area contributed by atoms with Crippen LogP contribution in [0, 0.1) is 3.57 Å². The summed E-state index contributed by atoms with van der Waals surface area (Å²) >= 11 is 2.00. The number of methoxy groups -OCH3 is 1. The maximum Gasteiger partial charge on any atom is 0.244 e. The summed E-state index contributed by atoms with van der Waals surface area (Å²) in [6.45, 7) is 2.53. The molecule has 0 aliphatic heterocycles. The average molecular weight is 454 g/mol. The lowest BCUT2D eigenvalue weighted by molar-refractivity contribution is -0.120. The van der Waals surface area contributed by atoms with E-state index < -0.39 is 0 Å². The third-order valence-corrected chi connectivity index (χ3v) is 4.09. The Morgan fingerprint density at radius 3 is 2.68 bits per heavy atom. The van der Waals surface area contributed by atoms with Gasteiger partial charge in [0.25, 0.3) is 0 Å². The molecule has 6 nitrogen and oxygen atoms in total. The Hall–Kier alpha value is -2.29. The monoisotopic (exact) mass is 454 g/mol. The topological polar surface area (TPSA) is 80.2 Å². The van der Waals surface area contributed by atoms with Crippen molar-refractivity contribution in [3.05, 3.63) is 51.1 Å². The number of hydrogen-bond acceptors (Lipinski definition) is 5. The van der Waals surface area contributed by atoms with Gasteiger partial charge in [0.05, 0.1) is 29.9 Å². The van der Waals surface area contributed by atoms with Gasteiger partial charge >= 0.3 is 0 Å². The van der Waals surface area contributed by atoms with Crippen LogP contribution in [0.1, 0.15) is 18.1 Å². The Morgan fingerprint density at radius 2 is 2.04 bits per heavy atom. The molecule has 0 spiro atoms. The van der Waals surface area contributed by atoms with E-state index in [-0.39, 0.29) is 18.1 Å². The van der Waals surface area contributed by atoms with Gasteiger partial charge in [-0.25, -0.2) is 5.43 Å². The molecule has 0 saturated heterocycles. The van der Waals surface area contributed by atoms with Crippen molar-refractivity contribution in [1.29, 1.82) is 0 Å². The molecule has 2 N–H and O–H groups in total. The number of phenolic OH excluding ortho intramolecular Hbond substituents is 1. The van der Waals surface area contributed by atoms with E-state index in [0.29, 0.717) is 21.5 Å². The van der Waals surface area contributed by atoms with Crippen molar-refractivity contribution in [1.82, 2.24) is 5.43 Å². The van der Waals surface area contributed by atoms with Crippen molar-refractivity contribution >= 4 is 34.7 Å². The molecule has 0 unspecified atom stereocenters. The number of halogens is 1. The molecular formula is C18H19IN2O4. The molecule has 2 aromatic rings. The number of hydrogen-bond donors (Lipinski definition) is 2. The number of carbonyl (C=O) groups excluding carboxylic acids is 1. The number of nitrogens with one attached hydrogen (secondary N) is 1. The van der Waals surface area contributed by atoms with Crippen molar-refractivity contribution in [3.8, 4) is 17.2 Å². The number of nitrogens with zero attached hydrogens (tertiary/aromatic N) is 1. The first kappa shape index (κ1) is 19.0. The molecule has 7 heteroatoms.